The second kappa shape index (κ2) is 5.86. The van der Waals surface area contributed by atoms with Crippen LogP contribution in [0.15, 0.2) is 0 Å². The van der Waals surface area contributed by atoms with E-state index in [1.807, 2.05) is 0 Å². The van der Waals surface area contributed by atoms with E-state index in [0.29, 0.717) is 5.92 Å². The lowest BCUT2D eigenvalue weighted by molar-refractivity contribution is 0.0692. The number of hydrogen-bond acceptors (Lipinski definition) is 2. The molecule has 0 saturated heterocycles. The number of nitrogens with one attached hydrogen (secondary N) is 1. The number of rotatable bonds is 4. The first-order valence-electron chi connectivity index (χ1n) is 6.75. The minimum Gasteiger partial charge on any atom is -0.393 e. The van der Waals surface area contributed by atoms with Gasteiger partial charge in [-0.05, 0) is 44.1 Å². The average Bonchev–Trinajstić information content (AvgIpc) is 2.74. The highest BCUT2D eigenvalue weighted by atomic mass is 16.3. The normalized spacial score (nSPS) is 33.4. The van der Waals surface area contributed by atoms with Crippen LogP contribution in [0.25, 0.3) is 0 Å². The molecule has 0 spiro atoms. The summed E-state index contributed by atoms with van der Waals surface area (Å²) in [6.45, 7) is 2.22. The van der Waals surface area contributed by atoms with Crippen LogP contribution in [0.2, 0.25) is 0 Å². The molecule has 2 heteroatoms. The molecule has 0 aromatic rings. The Kier molecular flexibility index (Phi) is 4.45. The second-order valence-electron chi connectivity index (χ2n) is 5.42. The van der Waals surface area contributed by atoms with E-state index in [4.69, 9.17) is 0 Å². The van der Waals surface area contributed by atoms with Gasteiger partial charge in [0.15, 0.2) is 0 Å². The van der Waals surface area contributed by atoms with Crippen molar-refractivity contribution in [2.24, 2.45) is 11.8 Å². The monoisotopic (exact) mass is 211 g/mol. The van der Waals surface area contributed by atoms with Crippen LogP contribution in [0.1, 0.15) is 51.4 Å². The van der Waals surface area contributed by atoms with Crippen LogP contribution in [0, 0.1) is 11.8 Å². The Morgan fingerprint density at radius 2 is 1.53 bits per heavy atom. The molecule has 2 unspecified atom stereocenters. The summed E-state index contributed by atoms with van der Waals surface area (Å²) in [5.41, 5.74) is 0. The Bertz CT molecular complexity index is 177. The molecule has 0 bridgehead atoms. The van der Waals surface area contributed by atoms with Crippen molar-refractivity contribution < 1.29 is 5.11 Å². The van der Waals surface area contributed by atoms with Gasteiger partial charge in [-0.2, -0.15) is 0 Å². The summed E-state index contributed by atoms with van der Waals surface area (Å²) in [7, 11) is 0. The van der Waals surface area contributed by atoms with Crippen LogP contribution in [0.5, 0.6) is 0 Å². The van der Waals surface area contributed by atoms with Gasteiger partial charge in [-0.3, -0.25) is 0 Å². The topological polar surface area (TPSA) is 32.3 Å². The zero-order valence-corrected chi connectivity index (χ0v) is 9.75. The Morgan fingerprint density at radius 1 is 0.867 bits per heavy atom. The molecular formula is C13H25NO. The van der Waals surface area contributed by atoms with Crippen LogP contribution in [-0.4, -0.2) is 24.3 Å². The summed E-state index contributed by atoms with van der Waals surface area (Å²) in [5.74, 6) is 1.45. The highest BCUT2D eigenvalue weighted by Gasteiger charge is 2.23. The molecular weight excluding hydrogens is 186 g/mol. The number of aliphatic hydroxyl groups is 1. The first-order valence-corrected chi connectivity index (χ1v) is 6.75. The largest absolute Gasteiger partial charge is 0.393 e. The molecule has 2 atom stereocenters. The van der Waals surface area contributed by atoms with Crippen molar-refractivity contribution in [2.75, 3.05) is 13.1 Å². The number of hydrogen-bond donors (Lipinski definition) is 2. The van der Waals surface area contributed by atoms with E-state index in [2.05, 4.69) is 5.32 Å². The van der Waals surface area contributed by atoms with Gasteiger partial charge in [0.25, 0.3) is 0 Å². The van der Waals surface area contributed by atoms with Crippen molar-refractivity contribution >= 4 is 0 Å². The summed E-state index contributed by atoms with van der Waals surface area (Å²) in [6.07, 6.45) is 10.4. The van der Waals surface area contributed by atoms with Crippen LogP contribution >= 0.6 is 0 Å². The molecule has 0 amide bonds. The number of aliphatic hydroxyl groups excluding tert-OH is 1. The molecule has 2 aliphatic carbocycles. The van der Waals surface area contributed by atoms with Gasteiger partial charge in [-0.1, -0.05) is 25.7 Å². The lowest BCUT2D eigenvalue weighted by atomic mass is 9.86. The zero-order chi connectivity index (χ0) is 10.5. The van der Waals surface area contributed by atoms with Gasteiger partial charge in [0, 0.05) is 6.54 Å². The molecule has 2 N–H and O–H groups in total. The van der Waals surface area contributed by atoms with E-state index in [1.54, 1.807) is 0 Å². The van der Waals surface area contributed by atoms with Gasteiger partial charge in [0.2, 0.25) is 0 Å². The van der Waals surface area contributed by atoms with Crippen molar-refractivity contribution in [3.8, 4) is 0 Å². The smallest absolute Gasteiger partial charge is 0.0580 e. The van der Waals surface area contributed by atoms with Crippen molar-refractivity contribution in [3.05, 3.63) is 0 Å². The summed E-state index contributed by atoms with van der Waals surface area (Å²) in [4.78, 5) is 0. The SMILES string of the molecule is OC1CCCCC1CNCC1CCCC1. The predicted molar refractivity (Wildman–Crippen MR) is 62.8 cm³/mol. The third-order valence-electron chi connectivity index (χ3n) is 4.18. The van der Waals surface area contributed by atoms with E-state index >= 15 is 0 Å². The fourth-order valence-electron chi connectivity index (χ4n) is 3.11. The van der Waals surface area contributed by atoms with E-state index < -0.39 is 0 Å². The van der Waals surface area contributed by atoms with Gasteiger partial charge in [-0.15, -0.1) is 0 Å². The fourth-order valence-corrected chi connectivity index (χ4v) is 3.11. The minimum atomic E-state index is -0.0326. The van der Waals surface area contributed by atoms with Crippen LogP contribution in [0.3, 0.4) is 0 Å². The molecule has 2 saturated carbocycles. The van der Waals surface area contributed by atoms with E-state index in [1.165, 1.54) is 51.5 Å². The Hall–Kier alpha value is -0.0800. The maximum absolute atomic E-state index is 9.82. The van der Waals surface area contributed by atoms with Crippen molar-refractivity contribution in [1.82, 2.24) is 5.32 Å². The van der Waals surface area contributed by atoms with E-state index in [0.717, 1.165) is 18.9 Å². The Labute approximate surface area is 93.5 Å². The first-order chi connectivity index (χ1) is 7.36. The van der Waals surface area contributed by atoms with Crippen molar-refractivity contribution in [2.45, 2.75) is 57.5 Å². The van der Waals surface area contributed by atoms with Gasteiger partial charge in [0.1, 0.15) is 0 Å². The van der Waals surface area contributed by atoms with Crippen LogP contribution in [0.4, 0.5) is 0 Å². The molecule has 2 nitrogen and oxygen atoms in total. The lowest BCUT2D eigenvalue weighted by Gasteiger charge is -2.28. The van der Waals surface area contributed by atoms with Crippen molar-refractivity contribution in [3.63, 3.8) is 0 Å². The summed E-state index contributed by atoms with van der Waals surface area (Å²) >= 11 is 0. The Morgan fingerprint density at radius 3 is 2.27 bits per heavy atom. The molecule has 2 fully saturated rings. The quantitative estimate of drug-likeness (QED) is 0.748. The maximum Gasteiger partial charge on any atom is 0.0580 e. The van der Waals surface area contributed by atoms with Crippen LogP contribution < -0.4 is 5.32 Å². The predicted octanol–water partition coefficient (Wildman–Crippen LogP) is 2.32. The standard InChI is InChI=1S/C13H25NO/c15-13-8-4-3-7-12(13)10-14-9-11-5-1-2-6-11/h11-15H,1-10H2. The molecule has 0 heterocycles. The van der Waals surface area contributed by atoms with E-state index in [9.17, 15) is 5.11 Å². The molecule has 2 rings (SSSR count). The molecule has 0 aliphatic heterocycles. The van der Waals surface area contributed by atoms with Gasteiger partial charge in [-0.25, -0.2) is 0 Å². The molecule has 0 aromatic heterocycles. The van der Waals surface area contributed by atoms with Gasteiger partial charge >= 0.3 is 0 Å². The van der Waals surface area contributed by atoms with E-state index in [-0.39, 0.29) is 6.10 Å². The second-order valence-corrected chi connectivity index (χ2v) is 5.42. The first kappa shape index (κ1) is 11.4. The third-order valence-corrected chi connectivity index (χ3v) is 4.18. The summed E-state index contributed by atoms with van der Waals surface area (Å²) in [5, 5.41) is 13.4. The minimum absolute atomic E-state index is 0.0326. The molecule has 15 heavy (non-hydrogen) atoms. The molecule has 0 radical (unpaired) electrons. The van der Waals surface area contributed by atoms with Gasteiger partial charge < -0.3 is 10.4 Å². The van der Waals surface area contributed by atoms with Crippen LogP contribution in [-0.2, 0) is 0 Å². The molecule has 2 aliphatic rings. The maximum atomic E-state index is 9.82. The molecule has 0 aromatic carbocycles. The summed E-state index contributed by atoms with van der Waals surface area (Å²) in [6, 6.07) is 0. The van der Waals surface area contributed by atoms with Crippen molar-refractivity contribution in [1.29, 1.82) is 0 Å². The highest BCUT2D eigenvalue weighted by molar-refractivity contribution is 4.77. The Balaban J connectivity index is 1.59. The zero-order valence-electron chi connectivity index (χ0n) is 9.75. The average molecular weight is 211 g/mol. The van der Waals surface area contributed by atoms with Gasteiger partial charge in [0.05, 0.1) is 6.10 Å². The third kappa shape index (κ3) is 3.46. The fraction of sp³-hybridized carbons (Fsp3) is 1.00. The highest BCUT2D eigenvalue weighted by Crippen LogP contribution is 2.25. The molecule has 88 valence electrons. The summed E-state index contributed by atoms with van der Waals surface area (Å²) < 4.78 is 0. The lowest BCUT2D eigenvalue weighted by Crippen LogP contribution is -2.35.